The van der Waals surface area contributed by atoms with E-state index in [0.29, 0.717) is 18.7 Å². The first-order valence-electron chi connectivity index (χ1n) is 7.69. The number of carbonyl (C=O) groups excluding carboxylic acids is 1. The summed E-state index contributed by atoms with van der Waals surface area (Å²) in [6.07, 6.45) is 0.899. The van der Waals surface area contributed by atoms with E-state index in [0.717, 1.165) is 26.1 Å². The quantitative estimate of drug-likeness (QED) is 0.833. The maximum atomic E-state index is 12.6. The summed E-state index contributed by atoms with van der Waals surface area (Å²) in [6.45, 7) is 3.15. The van der Waals surface area contributed by atoms with Gasteiger partial charge in [-0.05, 0) is 37.7 Å². The Morgan fingerprint density at radius 3 is 2.65 bits per heavy atom. The zero-order valence-corrected chi connectivity index (χ0v) is 13.4. The Kier molecular flexibility index (Phi) is 6.15. The number of benzene rings is 1. The first kappa shape index (κ1) is 17.5. The van der Waals surface area contributed by atoms with Crippen LogP contribution < -0.4 is 9.47 Å². The fourth-order valence-corrected chi connectivity index (χ4v) is 2.67. The topological polar surface area (TPSA) is 42.0 Å². The highest BCUT2D eigenvalue weighted by Gasteiger charge is 2.21. The van der Waals surface area contributed by atoms with E-state index >= 15 is 0 Å². The second-order valence-electron chi connectivity index (χ2n) is 5.32. The van der Waals surface area contributed by atoms with Crippen LogP contribution in [-0.4, -0.2) is 62.2 Å². The van der Waals surface area contributed by atoms with Gasteiger partial charge in [0.2, 0.25) is 0 Å². The second kappa shape index (κ2) is 8.10. The SMILES string of the molecule is CCN1CCCN(C(=O)c2ccc(OC)c(OC(F)F)c2)CC1. The predicted octanol–water partition coefficient (Wildman–Crippen LogP) is 2.46. The molecule has 1 heterocycles. The molecule has 1 aliphatic heterocycles. The minimum absolute atomic E-state index is 0.127. The molecule has 0 saturated carbocycles. The summed E-state index contributed by atoms with van der Waals surface area (Å²) in [5, 5.41) is 0. The highest BCUT2D eigenvalue weighted by atomic mass is 19.3. The molecule has 0 atom stereocenters. The minimum Gasteiger partial charge on any atom is -0.493 e. The lowest BCUT2D eigenvalue weighted by Gasteiger charge is -2.22. The molecule has 0 bridgehead atoms. The highest BCUT2D eigenvalue weighted by Crippen LogP contribution is 2.30. The van der Waals surface area contributed by atoms with Gasteiger partial charge in [-0.15, -0.1) is 0 Å². The molecule has 1 amide bonds. The van der Waals surface area contributed by atoms with Gasteiger partial charge < -0.3 is 19.3 Å². The van der Waals surface area contributed by atoms with Crippen LogP contribution in [0.2, 0.25) is 0 Å². The van der Waals surface area contributed by atoms with E-state index in [-0.39, 0.29) is 17.4 Å². The van der Waals surface area contributed by atoms with Crippen molar-refractivity contribution in [1.29, 1.82) is 0 Å². The van der Waals surface area contributed by atoms with Crippen LogP contribution >= 0.6 is 0 Å². The lowest BCUT2D eigenvalue weighted by atomic mass is 10.1. The molecule has 5 nitrogen and oxygen atoms in total. The third kappa shape index (κ3) is 4.54. The monoisotopic (exact) mass is 328 g/mol. The maximum absolute atomic E-state index is 12.6. The summed E-state index contributed by atoms with van der Waals surface area (Å²) in [5.74, 6) is -0.127. The molecule has 0 radical (unpaired) electrons. The van der Waals surface area contributed by atoms with Gasteiger partial charge >= 0.3 is 6.61 Å². The van der Waals surface area contributed by atoms with Crippen molar-refractivity contribution < 1.29 is 23.0 Å². The number of amides is 1. The number of rotatable bonds is 5. The van der Waals surface area contributed by atoms with Gasteiger partial charge in [-0.1, -0.05) is 6.92 Å². The molecular weight excluding hydrogens is 306 g/mol. The van der Waals surface area contributed by atoms with E-state index < -0.39 is 6.61 Å². The van der Waals surface area contributed by atoms with Crippen LogP contribution in [0.15, 0.2) is 18.2 Å². The van der Waals surface area contributed by atoms with Gasteiger partial charge in [-0.2, -0.15) is 8.78 Å². The summed E-state index contributed by atoms with van der Waals surface area (Å²) in [7, 11) is 1.36. The number of halogens is 2. The van der Waals surface area contributed by atoms with Crippen LogP contribution in [0.4, 0.5) is 8.78 Å². The number of methoxy groups -OCH3 is 1. The Morgan fingerprint density at radius 1 is 1.22 bits per heavy atom. The molecule has 2 rings (SSSR count). The molecular formula is C16H22F2N2O3. The summed E-state index contributed by atoms with van der Waals surface area (Å²) >= 11 is 0. The van der Waals surface area contributed by atoms with Crippen LogP contribution in [-0.2, 0) is 0 Å². The Hall–Kier alpha value is -1.89. The molecule has 0 aliphatic carbocycles. The van der Waals surface area contributed by atoms with Gasteiger partial charge in [0.05, 0.1) is 7.11 Å². The molecule has 0 aromatic heterocycles. The molecule has 1 fully saturated rings. The van der Waals surface area contributed by atoms with Gasteiger partial charge in [0.25, 0.3) is 5.91 Å². The lowest BCUT2D eigenvalue weighted by Crippen LogP contribution is -2.35. The number of carbonyl (C=O) groups is 1. The number of ether oxygens (including phenoxy) is 2. The smallest absolute Gasteiger partial charge is 0.387 e. The fourth-order valence-electron chi connectivity index (χ4n) is 2.67. The van der Waals surface area contributed by atoms with E-state index in [1.807, 2.05) is 0 Å². The Bertz CT molecular complexity index is 540. The van der Waals surface area contributed by atoms with Crippen LogP contribution in [0.1, 0.15) is 23.7 Å². The van der Waals surface area contributed by atoms with Crippen LogP contribution in [0.5, 0.6) is 11.5 Å². The van der Waals surface area contributed by atoms with E-state index in [9.17, 15) is 13.6 Å². The number of hydrogen-bond donors (Lipinski definition) is 0. The number of hydrogen-bond acceptors (Lipinski definition) is 4. The van der Waals surface area contributed by atoms with Crippen molar-refractivity contribution in [2.45, 2.75) is 20.0 Å². The van der Waals surface area contributed by atoms with Gasteiger partial charge in [0.15, 0.2) is 11.5 Å². The fraction of sp³-hybridized carbons (Fsp3) is 0.562. The summed E-state index contributed by atoms with van der Waals surface area (Å²) in [4.78, 5) is 16.6. The van der Waals surface area contributed by atoms with Gasteiger partial charge in [-0.25, -0.2) is 0 Å². The predicted molar refractivity (Wildman–Crippen MR) is 82.3 cm³/mol. The molecule has 0 N–H and O–H groups in total. The van der Waals surface area contributed by atoms with E-state index in [1.165, 1.54) is 19.2 Å². The van der Waals surface area contributed by atoms with Crippen LogP contribution in [0, 0.1) is 0 Å². The van der Waals surface area contributed by atoms with Gasteiger partial charge in [0, 0.05) is 25.2 Å². The molecule has 1 aliphatic rings. The lowest BCUT2D eigenvalue weighted by molar-refractivity contribution is -0.0512. The molecule has 0 spiro atoms. The van der Waals surface area contributed by atoms with Crippen molar-refractivity contribution in [2.24, 2.45) is 0 Å². The molecule has 1 saturated heterocycles. The molecule has 1 aromatic rings. The average Bonchev–Trinajstić information content (AvgIpc) is 2.79. The number of alkyl halides is 2. The molecule has 1 aromatic carbocycles. The number of likely N-dealkylation sites (N-methyl/N-ethyl adjacent to an activating group) is 1. The van der Waals surface area contributed by atoms with Crippen molar-refractivity contribution in [3.05, 3.63) is 23.8 Å². The normalized spacial score (nSPS) is 16.3. The third-order valence-electron chi connectivity index (χ3n) is 3.95. The van der Waals surface area contributed by atoms with Crippen LogP contribution in [0.25, 0.3) is 0 Å². The standard InChI is InChI=1S/C16H22F2N2O3/c1-3-19-7-4-8-20(10-9-19)15(21)12-5-6-13(22-2)14(11-12)23-16(17)18/h5-6,11,16H,3-4,7-10H2,1-2H3. The highest BCUT2D eigenvalue weighted by molar-refractivity contribution is 5.95. The van der Waals surface area contributed by atoms with E-state index in [1.54, 1.807) is 11.0 Å². The molecule has 23 heavy (non-hydrogen) atoms. The first-order valence-corrected chi connectivity index (χ1v) is 7.69. The van der Waals surface area contributed by atoms with Gasteiger partial charge in [-0.3, -0.25) is 4.79 Å². The molecule has 0 unspecified atom stereocenters. The van der Waals surface area contributed by atoms with Gasteiger partial charge in [0.1, 0.15) is 0 Å². The second-order valence-corrected chi connectivity index (χ2v) is 5.32. The van der Waals surface area contributed by atoms with Crippen LogP contribution in [0.3, 0.4) is 0 Å². The summed E-state index contributed by atoms with van der Waals surface area (Å²) in [5.41, 5.74) is 0.325. The largest absolute Gasteiger partial charge is 0.493 e. The Balaban J connectivity index is 2.15. The Morgan fingerprint density at radius 2 is 2.00 bits per heavy atom. The zero-order valence-electron chi connectivity index (χ0n) is 13.4. The van der Waals surface area contributed by atoms with Crippen molar-refractivity contribution in [3.63, 3.8) is 0 Å². The zero-order chi connectivity index (χ0) is 16.8. The third-order valence-corrected chi connectivity index (χ3v) is 3.95. The van der Waals surface area contributed by atoms with Crippen molar-refractivity contribution in [2.75, 3.05) is 39.8 Å². The summed E-state index contributed by atoms with van der Waals surface area (Å²) < 4.78 is 34.4. The summed E-state index contributed by atoms with van der Waals surface area (Å²) in [6, 6.07) is 4.36. The number of nitrogens with zero attached hydrogens (tertiary/aromatic N) is 2. The molecule has 7 heteroatoms. The minimum atomic E-state index is -2.97. The maximum Gasteiger partial charge on any atom is 0.387 e. The average molecular weight is 328 g/mol. The van der Waals surface area contributed by atoms with Crippen molar-refractivity contribution in [1.82, 2.24) is 9.80 Å². The first-order chi connectivity index (χ1) is 11.0. The van der Waals surface area contributed by atoms with Crippen molar-refractivity contribution >= 4 is 5.91 Å². The molecule has 128 valence electrons. The van der Waals surface area contributed by atoms with E-state index in [4.69, 9.17) is 4.74 Å². The van der Waals surface area contributed by atoms with E-state index in [2.05, 4.69) is 16.6 Å². The van der Waals surface area contributed by atoms with Crippen molar-refractivity contribution in [3.8, 4) is 11.5 Å². The Labute approximate surface area is 134 Å².